The fourth-order valence-corrected chi connectivity index (χ4v) is 4.31. The number of nitrogens with one attached hydrogen (secondary N) is 1. The Labute approximate surface area is 189 Å². The Morgan fingerprint density at radius 3 is 2.70 bits per heavy atom. The number of amides is 1. The zero-order chi connectivity index (χ0) is 21.1. The molecule has 6 nitrogen and oxygen atoms in total. The molecule has 2 aromatic heterocycles. The van der Waals surface area contributed by atoms with E-state index in [4.69, 9.17) is 9.15 Å². The molecule has 0 saturated carbocycles. The van der Waals surface area contributed by atoms with Gasteiger partial charge in [0.05, 0.1) is 11.6 Å². The molecule has 1 amide bonds. The first kappa shape index (κ1) is 20.3. The molecule has 0 bridgehead atoms. The van der Waals surface area contributed by atoms with Crippen LogP contribution in [0.5, 0.6) is 5.75 Å². The fraction of sp³-hybridized carbons (Fsp3) is 0.0455. The summed E-state index contributed by atoms with van der Waals surface area (Å²) in [7, 11) is 1.58. The maximum absolute atomic E-state index is 12.4. The number of ether oxygens (including phenoxy) is 1. The summed E-state index contributed by atoms with van der Waals surface area (Å²) < 4.78 is 12.8. The van der Waals surface area contributed by atoms with Gasteiger partial charge in [0.25, 0.3) is 0 Å². The van der Waals surface area contributed by atoms with Crippen molar-refractivity contribution >= 4 is 60.6 Å². The van der Waals surface area contributed by atoms with Crippen LogP contribution >= 0.6 is 31.9 Å². The second-order valence-electron chi connectivity index (χ2n) is 6.27. The first-order chi connectivity index (χ1) is 14.5. The Balaban J connectivity index is 1.53. The van der Waals surface area contributed by atoms with Gasteiger partial charge in [0.2, 0.25) is 11.8 Å². The molecule has 0 aliphatic heterocycles. The molecule has 0 aliphatic rings. The van der Waals surface area contributed by atoms with Crippen molar-refractivity contribution in [3.05, 3.63) is 75.4 Å². The molecule has 0 saturated heterocycles. The van der Waals surface area contributed by atoms with Crippen LogP contribution in [0, 0.1) is 0 Å². The number of hydrogen-bond acceptors (Lipinski definition) is 5. The van der Waals surface area contributed by atoms with Crippen LogP contribution in [0.1, 0.15) is 5.56 Å². The number of methoxy groups -OCH3 is 1. The van der Waals surface area contributed by atoms with E-state index in [0.29, 0.717) is 28.4 Å². The second-order valence-corrected chi connectivity index (χ2v) is 8.04. The highest BCUT2D eigenvalue weighted by Gasteiger charge is 2.10. The Hall–Kier alpha value is -2.97. The van der Waals surface area contributed by atoms with Crippen LogP contribution in [0.25, 0.3) is 28.6 Å². The minimum atomic E-state index is -0.273. The number of halogens is 2. The van der Waals surface area contributed by atoms with Crippen LogP contribution in [-0.2, 0) is 4.79 Å². The molecule has 4 aromatic rings. The molecule has 0 fully saturated rings. The van der Waals surface area contributed by atoms with Crippen LogP contribution in [0.15, 0.2) is 74.3 Å². The average Bonchev–Trinajstić information content (AvgIpc) is 3.16. The maximum Gasteiger partial charge on any atom is 0.248 e. The van der Waals surface area contributed by atoms with Gasteiger partial charge in [-0.3, -0.25) is 9.78 Å². The molecule has 2 aromatic carbocycles. The molecule has 0 spiro atoms. The Morgan fingerprint density at radius 2 is 1.93 bits per heavy atom. The van der Waals surface area contributed by atoms with Crippen LogP contribution < -0.4 is 10.1 Å². The smallest absolute Gasteiger partial charge is 0.248 e. The van der Waals surface area contributed by atoms with Gasteiger partial charge in [0.15, 0.2) is 5.58 Å². The van der Waals surface area contributed by atoms with Gasteiger partial charge in [0, 0.05) is 39.8 Å². The number of benzene rings is 2. The van der Waals surface area contributed by atoms with Gasteiger partial charge in [0.1, 0.15) is 11.3 Å². The molecule has 0 radical (unpaired) electrons. The molecule has 0 aliphatic carbocycles. The third-order valence-electron chi connectivity index (χ3n) is 4.24. The van der Waals surface area contributed by atoms with Gasteiger partial charge in [-0.1, -0.05) is 15.9 Å². The molecule has 8 heteroatoms. The van der Waals surface area contributed by atoms with Crippen molar-refractivity contribution in [1.29, 1.82) is 0 Å². The van der Waals surface area contributed by atoms with Crippen molar-refractivity contribution in [3.8, 4) is 17.2 Å². The normalized spacial score (nSPS) is 11.2. The molecule has 0 unspecified atom stereocenters. The number of oxazole rings is 1. The zero-order valence-corrected chi connectivity index (χ0v) is 18.9. The monoisotopic (exact) mass is 527 g/mol. The summed E-state index contributed by atoms with van der Waals surface area (Å²) in [6.45, 7) is 0. The van der Waals surface area contributed by atoms with Gasteiger partial charge < -0.3 is 14.5 Å². The lowest BCUT2D eigenvalue weighted by molar-refractivity contribution is -0.111. The van der Waals surface area contributed by atoms with E-state index in [0.717, 1.165) is 20.1 Å². The molecule has 1 N–H and O–H groups in total. The minimum Gasteiger partial charge on any atom is -0.495 e. The zero-order valence-electron chi connectivity index (χ0n) is 15.7. The Morgan fingerprint density at radius 1 is 1.13 bits per heavy atom. The molecule has 0 atom stereocenters. The number of carbonyl (C=O) groups is 1. The van der Waals surface area contributed by atoms with Gasteiger partial charge in [-0.25, -0.2) is 4.98 Å². The van der Waals surface area contributed by atoms with Crippen molar-refractivity contribution in [2.24, 2.45) is 0 Å². The van der Waals surface area contributed by atoms with E-state index in [2.05, 4.69) is 47.1 Å². The largest absolute Gasteiger partial charge is 0.495 e. The fourth-order valence-electron chi connectivity index (χ4n) is 2.89. The first-order valence-corrected chi connectivity index (χ1v) is 10.4. The van der Waals surface area contributed by atoms with E-state index in [9.17, 15) is 4.79 Å². The van der Waals surface area contributed by atoms with Gasteiger partial charge >= 0.3 is 0 Å². The first-order valence-electron chi connectivity index (χ1n) is 8.86. The van der Waals surface area contributed by atoms with Crippen molar-refractivity contribution < 1.29 is 13.9 Å². The summed E-state index contributed by atoms with van der Waals surface area (Å²) in [6, 6.07) is 12.7. The lowest BCUT2D eigenvalue weighted by Gasteiger charge is -2.08. The highest BCUT2D eigenvalue weighted by molar-refractivity contribution is 9.11. The second kappa shape index (κ2) is 8.81. The molecule has 30 heavy (non-hydrogen) atoms. The van der Waals surface area contributed by atoms with Crippen molar-refractivity contribution in [1.82, 2.24) is 9.97 Å². The Bertz CT molecular complexity index is 1250. The van der Waals surface area contributed by atoms with Crippen LogP contribution in [-0.4, -0.2) is 23.0 Å². The number of aromatic nitrogens is 2. The SMILES string of the molecule is COc1c(Br)cc(Br)cc1/C=C/C(=O)Nc1ccc2oc(-c3ccncc3)nc2c1. The summed E-state index contributed by atoms with van der Waals surface area (Å²) in [6.07, 6.45) is 6.51. The van der Waals surface area contributed by atoms with E-state index < -0.39 is 0 Å². The summed E-state index contributed by atoms with van der Waals surface area (Å²) in [5.74, 6) is 0.878. The van der Waals surface area contributed by atoms with Gasteiger partial charge in [-0.15, -0.1) is 0 Å². The topological polar surface area (TPSA) is 77.2 Å². The lowest BCUT2D eigenvalue weighted by atomic mass is 10.2. The van der Waals surface area contributed by atoms with E-state index >= 15 is 0 Å². The molecule has 150 valence electrons. The number of fused-ring (bicyclic) bond motifs is 1. The lowest BCUT2D eigenvalue weighted by Crippen LogP contribution is -2.07. The number of anilines is 1. The standard InChI is InChI=1S/C22H15Br2N3O3/c1-29-21-14(10-15(23)11-17(21)24)2-5-20(28)26-16-3-4-19-18(12-16)27-22(30-19)13-6-8-25-9-7-13/h2-12H,1H3,(H,26,28)/b5-2+. The van der Waals surface area contributed by atoms with E-state index in [-0.39, 0.29) is 5.91 Å². The number of pyridine rings is 1. The van der Waals surface area contributed by atoms with E-state index in [1.165, 1.54) is 6.08 Å². The third-order valence-corrected chi connectivity index (χ3v) is 5.28. The number of hydrogen-bond donors (Lipinski definition) is 1. The molecular formula is C22H15Br2N3O3. The number of nitrogens with zero attached hydrogens (tertiary/aromatic N) is 2. The van der Waals surface area contributed by atoms with Gasteiger partial charge in [-0.2, -0.15) is 0 Å². The third kappa shape index (κ3) is 4.44. The summed E-state index contributed by atoms with van der Waals surface area (Å²) in [5.41, 5.74) is 3.51. The maximum atomic E-state index is 12.4. The van der Waals surface area contributed by atoms with Crippen molar-refractivity contribution in [3.63, 3.8) is 0 Å². The molecule has 2 heterocycles. The molecule has 4 rings (SSSR count). The quantitative estimate of drug-likeness (QED) is 0.318. The predicted molar refractivity (Wildman–Crippen MR) is 123 cm³/mol. The highest BCUT2D eigenvalue weighted by atomic mass is 79.9. The summed E-state index contributed by atoms with van der Waals surface area (Å²) in [4.78, 5) is 20.9. The highest BCUT2D eigenvalue weighted by Crippen LogP contribution is 2.33. The van der Waals surface area contributed by atoms with Crippen molar-refractivity contribution in [2.45, 2.75) is 0 Å². The van der Waals surface area contributed by atoms with E-state index in [1.54, 1.807) is 43.8 Å². The van der Waals surface area contributed by atoms with Crippen LogP contribution in [0.4, 0.5) is 5.69 Å². The summed E-state index contributed by atoms with van der Waals surface area (Å²) >= 11 is 6.89. The Kier molecular flexibility index (Phi) is 5.96. The number of rotatable bonds is 5. The minimum absolute atomic E-state index is 0.273. The molecular weight excluding hydrogens is 514 g/mol. The summed E-state index contributed by atoms with van der Waals surface area (Å²) in [5, 5.41) is 2.84. The number of carbonyl (C=O) groups excluding carboxylic acids is 1. The van der Waals surface area contributed by atoms with Gasteiger partial charge in [-0.05, 0) is 64.5 Å². The predicted octanol–water partition coefficient (Wildman–Crippen LogP) is 6.08. The average molecular weight is 529 g/mol. The van der Waals surface area contributed by atoms with Crippen molar-refractivity contribution in [2.75, 3.05) is 12.4 Å². The van der Waals surface area contributed by atoms with E-state index in [1.807, 2.05) is 24.3 Å². The van der Waals surface area contributed by atoms with Crippen LogP contribution in [0.2, 0.25) is 0 Å². The van der Waals surface area contributed by atoms with Crippen LogP contribution in [0.3, 0.4) is 0 Å².